The summed E-state index contributed by atoms with van der Waals surface area (Å²) in [4.78, 5) is 23.9. The molecule has 0 saturated carbocycles. The molecule has 2 aromatic rings. The molecule has 6 nitrogen and oxygen atoms in total. The van der Waals surface area contributed by atoms with Gasteiger partial charge in [0.2, 0.25) is 11.8 Å². The average Bonchev–Trinajstić information content (AvgIpc) is 2.90. The zero-order valence-electron chi connectivity index (χ0n) is 10.3. The van der Waals surface area contributed by atoms with E-state index in [1.807, 2.05) is 0 Å². The van der Waals surface area contributed by atoms with E-state index in [1.54, 1.807) is 0 Å². The van der Waals surface area contributed by atoms with Gasteiger partial charge in [0.1, 0.15) is 5.82 Å². The Hall–Kier alpha value is -2.70. The molecule has 0 radical (unpaired) electrons. The van der Waals surface area contributed by atoms with Crippen LogP contribution in [0.5, 0.6) is 0 Å². The second kappa shape index (κ2) is 4.76. The third-order valence-corrected chi connectivity index (χ3v) is 3.14. The molecule has 102 valence electrons. The molecule has 0 spiro atoms. The maximum Gasteiger partial charge on any atom is 0.232 e. The number of hydrogen-bond acceptors (Lipinski definition) is 3. The van der Waals surface area contributed by atoms with Crippen LogP contribution in [0.25, 0.3) is 0 Å². The van der Waals surface area contributed by atoms with Crippen LogP contribution < -0.4 is 10.6 Å². The minimum atomic E-state index is -0.644. The standard InChI is InChI=1S/C13H11FN4O2/c14-7-1-2-9-10(4-12(19)18-11(9)3-7)13(20)17-8-5-15-16-6-8/h1-3,5-6,10H,4H2,(H,15,16)(H,17,20)(H,18,19). The number of nitrogens with zero attached hydrogens (tertiary/aromatic N) is 1. The first-order valence-corrected chi connectivity index (χ1v) is 6.02. The lowest BCUT2D eigenvalue weighted by Gasteiger charge is -2.24. The van der Waals surface area contributed by atoms with E-state index in [0.717, 1.165) is 0 Å². The molecule has 1 atom stereocenters. The Morgan fingerprint density at radius 1 is 1.45 bits per heavy atom. The highest BCUT2D eigenvalue weighted by molar-refractivity contribution is 6.04. The van der Waals surface area contributed by atoms with E-state index in [4.69, 9.17) is 0 Å². The van der Waals surface area contributed by atoms with Gasteiger partial charge in [-0.3, -0.25) is 14.7 Å². The van der Waals surface area contributed by atoms with Gasteiger partial charge in [0.05, 0.1) is 17.8 Å². The summed E-state index contributed by atoms with van der Waals surface area (Å²) in [6.07, 6.45) is 3.03. The molecule has 2 amide bonds. The molecular formula is C13H11FN4O2. The van der Waals surface area contributed by atoms with Crippen LogP contribution in [0.4, 0.5) is 15.8 Å². The number of halogens is 1. The molecule has 1 unspecified atom stereocenters. The van der Waals surface area contributed by atoms with E-state index in [-0.39, 0.29) is 18.2 Å². The minimum absolute atomic E-state index is 0.0301. The number of carbonyl (C=O) groups excluding carboxylic acids is 2. The topological polar surface area (TPSA) is 86.9 Å². The number of benzene rings is 1. The molecule has 7 heteroatoms. The zero-order valence-corrected chi connectivity index (χ0v) is 10.3. The molecule has 1 aromatic heterocycles. The van der Waals surface area contributed by atoms with Gasteiger partial charge in [0.15, 0.2) is 0 Å². The van der Waals surface area contributed by atoms with Gasteiger partial charge in [-0.25, -0.2) is 4.39 Å². The molecule has 0 saturated heterocycles. The Bertz CT molecular complexity index is 669. The number of hydrogen-bond donors (Lipinski definition) is 3. The number of amides is 2. The number of rotatable bonds is 2. The first-order chi connectivity index (χ1) is 9.63. The lowest BCUT2D eigenvalue weighted by Crippen LogP contribution is -2.30. The van der Waals surface area contributed by atoms with Gasteiger partial charge < -0.3 is 10.6 Å². The van der Waals surface area contributed by atoms with E-state index in [2.05, 4.69) is 20.8 Å². The van der Waals surface area contributed by atoms with Crippen molar-refractivity contribution in [3.05, 3.63) is 42.0 Å². The van der Waals surface area contributed by atoms with Gasteiger partial charge in [0.25, 0.3) is 0 Å². The van der Waals surface area contributed by atoms with Crippen molar-refractivity contribution < 1.29 is 14.0 Å². The molecule has 3 N–H and O–H groups in total. The molecular weight excluding hydrogens is 263 g/mol. The van der Waals surface area contributed by atoms with Gasteiger partial charge in [-0.1, -0.05) is 6.07 Å². The van der Waals surface area contributed by atoms with Gasteiger partial charge in [0, 0.05) is 18.3 Å². The van der Waals surface area contributed by atoms with Gasteiger partial charge in [-0.05, 0) is 17.7 Å². The molecule has 3 rings (SSSR count). The largest absolute Gasteiger partial charge is 0.326 e. The van der Waals surface area contributed by atoms with Crippen LogP contribution >= 0.6 is 0 Å². The molecule has 1 aliphatic rings. The van der Waals surface area contributed by atoms with Crippen LogP contribution in [0.1, 0.15) is 17.9 Å². The highest BCUT2D eigenvalue weighted by Crippen LogP contribution is 2.33. The van der Waals surface area contributed by atoms with E-state index in [9.17, 15) is 14.0 Å². The van der Waals surface area contributed by atoms with E-state index >= 15 is 0 Å². The quantitative estimate of drug-likeness (QED) is 0.777. The van der Waals surface area contributed by atoms with Crippen LogP contribution in [0.2, 0.25) is 0 Å². The predicted molar refractivity (Wildman–Crippen MR) is 69.6 cm³/mol. The Kier molecular flexibility index (Phi) is 2.94. The SMILES string of the molecule is O=C1CC(C(=O)Nc2cn[nH]c2)c2ccc(F)cc2N1. The van der Waals surface area contributed by atoms with Crippen LogP contribution in [0.3, 0.4) is 0 Å². The molecule has 0 bridgehead atoms. The lowest BCUT2D eigenvalue weighted by molar-refractivity contribution is -0.123. The smallest absolute Gasteiger partial charge is 0.232 e. The first kappa shape index (κ1) is 12.3. The monoisotopic (exact) mass is 274 g/mol. The van der Waals surface area contributed by atoms with Gasteiger partial charge in [-0.15, -0.1) is 0 Å². The summed E-state index contributed by atoms with van der Waals surface area (Å²) in [5.74, 6) is -1.74. The number of anilines is 2. The second-order valence-electron chi connectivity index (χ2n) is 4.51. The maximum atomic E-state index is 13.2. The van der Waals surface area contributed by atoms with Crippen molar-refractivity contribution in [2.24, 2.45) is 0 Å². The van der Waals surface area contributed by atoms with Crippen molar-refractivity contribution in [1.82, 2.24) is 10.2 Å². The van der Waals surface area contributed by atoms with Crippen molar-refractivity contribution in [3.63, 3.8) is 0 Å². The Morgan fingerprint density at radius 2 is 2.30 bits per heavy atom. The summed E-state index contributed by atoms with van der Waals surface area (Å²) in [6.45, 7) is 0. The van der Waals surface area contributed by atoms with Crippen molar-refractivity contribution in [2.45, 2.75) is 12.3 Å². The second-order valence-corrected chi connectivity index (χ2v) is 4.51. The summed E-state index contributed by atoms with van der Waals surface area (Å²) >= 11 is 0. The van der Waals surface area contributed by atoms with Gasteiger partial charge >= 0.3 is 0 Å². The van der Waals surface area contributed by atoms with Crippen LogP contribution in [0, 0.1) is 5.82 Å². The first-order valence-electron chi connectivity index (χ1n) is 6.02. The number of aromatic nitrogens is 2. The van der Waals surface area contributed by atoms with E-state index in [1.165, 1.54) is 30.6 Å². The van der Waals surface area contributed by atoms with E-state index < -0.39 is 11.7 Å². The highest BCUT2D eigenvalue weighted by Gasteiger charge is 2.31. The van der Waals surface area contributed by atoms with Crippen molar-refractivity contribution in [2.75, 3.05) is 10.6 Å². The third-order valence-electron chi connectivity index (χ3n) is 3.14. The Morgan fingerprint density at radius 3 is 3.05 bits per heavy atom. The summed E-state index contributed by atoms with van der Waals surface area (Å²) in [5, 5.41) is 11.5. The molecule has 0 aliphatic carbocycles. The number of aromatic amines is 1. The summed E-state index contributed by atoms with van der Waals surface area (Å²) in [5.41, 5.74) is 1.46. The number of carbonyl (C=O) groups is 2. The highest BCUT2D eigenvalue weighted by atomic mass is 19.1. The predicted octanol–water partition coefficient (Wildman–Crippen LogP) is 1.61. The minimum Gasteiger partial charge on any atom is -0.326 e. The molecule has 20 heavy (non-hydrogen) atoms. The average molecular weight is 274 g/mol. The van der Waals surface area contributed by atoms with Crippen molar-refractivity contribution in [1.29, 1.82) is 0 Å². The third kappa shape index (κ3) is 2.25. The zero-order chi connectivity index (χ0) is 14.1. The van der Waals surface area contributed by atoms with Crippen LogP contribution in [-0.4, -0.2) is 22.0 Å². The fourth-order valence-corrected chi connectivity index (χ4v) is 2.22. The van der Waals surface area contributed by atoms with Crippen LogP contribution in [-0.2, 0) is 9.59 Å². The van der Waals surface area contributed by atoms with Gasteiger partial charge in [-0.2, -0.15) is 5.10 Å². The molecule has 1 aromatic carbocycles. The fourth-order valence-electron chi connectivity index (χ4n) is 2.22. The number of nitrogens with one attached hydrogen (secondary N) is 3. The van der Waals surface area contributed by atoms with Crippen molar-refractivity contribution in [3.8, 4) is 0 Å². The number of H-pyrrole nitrogens is 1. The molecule has 0 fully saturated rings. The Balaban J connectivity index is 1.90. The van der Waals surface area contributed by atoms with Crippen LogP contribution in [0.15, 0.2) is 30.6 Å². The molecule has 1 aliphatic heterocycles. The molecule has 2 heterocycles. The lowest BCUT2D eigenvalue weighted by atomic mass is 9.89. The fraction of sp³-hybridized carbons (Fsp3) is 0.154. The maximum absolute atomic E-state index is 13.2. The number of fused-ring (bicyclic) bond motifs is 1. The summed E-state index contributed by atoms with van der Waals surface area (Å²) in [7, 11) is 0. The Labute approximate surface area is 113 Å². The summed E-state index contributed by atoms with van der Waals surface area (Å²) < 4.78 is 13.2. The van der Waals surface area contributed by atoms with Crippen molar-refractivity contribution >= 4 is 23.2 Å². The van der Waals surface area contributed by atoms with E-state index in [0.29, 0.717) is 16.9 Å². The normalized spacial score (nSPS) is 17.2. The summed E-state index contributed by atoms with van der Waals surface area (Å²) in [6, 6.07) is 4.00.